The molecule has 5 nitrogen and oxygen atoms in total. The van der Waals surface area contributed by atoms with Gasteiger partial charge in [-0.2, -0.15) is 0 Å². The van der Waals surface area contributed by atoms with Crippen molar-refractivity contribution in [3.05, 3.63) is 33.8 Å². The van der Waals surface area contributed by atoms with Crippen LogP contribution in [0.4, 0.5) is 5.13 Å². The number of nitrogens with zero attached hydrogens (tertiary/aromatic N) is 2. The number of oxazole rings is 1. The van der Waals surface area contributed by atoms with Crippen molar-refractivity contribution in [2.24, 2.45) is 0 Å². The number of carbonyl (C=O) groups is 1. The highest BCUT2D eigenvalue weighted by Crippen LogP contribution is 2.30. The van der Waals surface area contributed by atoms with E-state index in [0.29, 0.717) is 26.5 Å². The van der Waals surface area contributed by atoms with Crippen molar-refractivity contribution in [2.45, 2.75) is 30.9 Å². The second-order valence-electron chi connectivity index (χ2n) is 5.52. The van der Waals surface area contributed by atoms with Crippen LogP contribution >= 0.6 is 34.7 Å². The Kier molecular flexibility index (Phi) is 4.47. The smallest absolute Gasteiger partial charge is 0.257 e. The fraction of sp³-hybridized carbons (Fsp3) is 0.312. The Bertz CT molecular complexity index is 882. The molecule has 24 heavy (non-hydrogen) atoms. The maximum Gasteiger partial charge on any atom is 0.257 e. The van der Waals surface area contributed by atoms with Gasteiger partial charge >= 0.3 is 0 Å². The van der Waals surface area contributed by atoms with E-state index in [0.717, 1.165) is 18.5 Å². The Labute approximate surface area is 151 Å². The number of aryl methyl sites for hydroxylation is 2. The number of thiazole rings is 1. The van der Waals surface area contributed by atoms with Gasteiger partial charge < -0.3 is 9.73 Å². The van der Waals surface area contributed by atoms with Gasteiger partial charge in [-0.1, -0.05) is 23.4 Å². The third-order valence-electron chi connectivity index (χ3n) is 3.75. The van der Waals surface area contributed by atoms with Crippen molar-refractivity contribution in [2.75, 3.05) is 11.1 Å². The number of anilines is 1. The Hall–Kier alpha value is -1.57. The van der Waals surface area contributed by atoms with Gasteiger partial charge in [-0.3, -0.25) is 4.79 Å². The average molecular weight is 380 g/mol. The summed E-state index contributed by atoms with van der Waals surface area (Å²) in [7, 11) is 0. The number of halogens is 1. The van der Waals surface area contributed by atoms with Gasteiger partial charge in [-0.15, -0.1) is 11.3 Å². The lowest BCUT2D eigenvalue weighted by Crippen LogP contribution is -2.13. The maximum atomic E-state index is 12.1. The first-order valence-electron chi connectivity index (χ1n) is 7.65. The van der Waals surface area contributed by atoms with Crippen LogP contribution in [-0.2, 0) is 17.6 Å². The Morgan fingerprint density at radius 2 is 2.21 bits per heavy atom. The molecular weight excluding hydrogens is 366 g/mol. The summed E-state index contributed by atoms with van der Waals surface area (Å²) in [5.74, 6) is 0.122. The highest BCUT2D eigenvalue weighted by Gasteiger charge is 2.17. The van der Waals surface area contributed by atoms with Gasteiger partial charge in [-0.25, -0.2) is 9.97 Å². The Morgan fingerprint density at radius 3 is 3.08 bits per heavy atom. The molecule has 2 aromatic heterocycles. The van der Waals surface area contributed by atoms with Crippen LogP contribution < -0.4 is 5.32 Å². The van der Waals surface area contributed by atoms with Gasteiger partial charge in [0.1, 0.15) is 5.52 Å². The van der Waals surface area contributed by atoms with E-state index in [1.807, 2.05) is 0 Å². The topological polar surface area (TPSA) is 68.0 Å². The molecule has 8 heteroatoms. The van der Waals surface area contributed by atoms with E-state index >= 15 is 0 Å². The van der Waals surface area contributed by atoms with Crippen molar-refractivity contribution in [1.29, 1.82) is 0 Å². The molecular formula is C16H14ClN3O2S2. The minimum Gasteiger partial charge on any atom is -0.431 e. The number of amides is 1. The lowest BCUT2D eigenvalue weighted by atomic mass is 10.0. The largest absolute Gasteiger partial charge is 0.431 e. The van der Waals surface area contributed by atoms with Crippen molar-refractivity contribution in [3.8, 4) is 0 Å². The summed E-state index contributed by atoms with van der Waals surface area (Å²) in [5.41, 5.74) is 2.50. The summed E-state index contributed by atoms with van der Waals surface area (Å²) in [5, 5.41) is 4.63. The third-order valence-corrected chi connectivity index (χ3v) is 5.88. The highest BCUT2D eigenvalue weighted by molar-refractivity contribution is 7.99. The molecule has 1 aliphatic rings. The summed E-state index contributed by atoms with van der Waals surface area (Å²) in [4.78, 5) is 22.3. The van der Waals surface area contributed by atoms with E-state index in [4.69, 9.17) is 16.0 Å². The molecule has 0 saturated carbocycles. The van der Waals surface area contributed by atoms with E-state index in [2.05, 4.69) is 15.3 Å². The van der Waals surface area contributed by atoms with E-state index in [1.165, 1.54) is 29.5 Å². The van der Waals surface area contributed by atoms with Gasteiger partial charge in [-0.05, 0) is 43.9 Å². The zero-order valence-electron chi connectivity index (χ0n) is 12.7. The monoisotopic (exact) mass is 379 g/mol. The summed E-state index contributed by atoms with van der Waals surface area (Å²) >= 11 is 8.77. The molecule has 1 N–H and O–H groups in total. The van der Waals surface area contributed by atoms with Gasteiger partial charge in [0, 0.05) is 9.90 Å². The molecule has 0 atom stereocenters. The maximum absolute atomic E-state index is 12.1. The first-order chi connectivity index (χ1) is 11.7. The number of nitrogens with one attached hydrogen (secondary N) is 1. The van der Waals surface area contributed by atoms with Crippen LogP contribution in [0.2, 0.25) is 5.02 Å². The van der Waals surface area contributed by atoms with Gasteiger partial charge in [0.05, 0.1) is 11.4 Å². The molecule has 0 saturated heterocycles. The standard InChI is InChI=1S/C16H14ClN3O2S2/c17-9-5-6-12-11(7-9)19-16(22-12)23-8-14(21)20-15-18-10-3-1-2-4-13(10)24-15/h5-7H,1-4,8H2,(H,18,20,21). The number of benzene rings is 1. The van der Waals surface area contributed by atoms with Crippen LogP contribution in [0.25, 0.3) is 11.1 Å². The SMILES string of the molecule is O=C(CSc1nc2cc(Cl)ccc2o1)Nc1nc2c(s1)CCCC2. The zero-order chi connectivity index (χ0) is 16.5. The van der Waals surface area contributed by atoms with Crippen molar-refractivity contribution in [1.82, 2.24) is 9.97 Å². The van der Waals surface area contributed by atoms with E-state index in [9.17, 15) is 4.79 Å². The van der Waals surface area contributed by atoms with E-state index < -0.39 is 0 Å². The minimum atomic E-state index is -0.105. The fourth-order valence-electron chi connectivity index (χ4n) is 2.63. The molecule has 0 radical (unpaired) electrons. The van der Waals surface area contributed by atoms with Crippen molar-refractivity contribution < 1.29 is 9.21 Å². The van der Waals surface area contributed by atoms with Crippen LogP contribution in [0.5, 0.6) is 0 Å². The molecule has 0 unspecified atom stereocenters. The molecule has 0 spiro atoms. The lowest BCUT2D eigenvalue weighted by molar-refractivity contribution is -0.113. The fourth-order valence-corrected chi connectivity index (χ4v) is 4.50. The molecule has 1 amide bonds. The van der Waals surface area contributed by atoms with Gasteiger partial charge in [0.15, 0.2) is 10.7 Å². The van der Waals surface area contributed by atoms with Crippen LogP contribution in [0.15, 0.2) is 27.8 Å². The van der Waals surface area contributed by atoms with E-state index in [1.54, 1.807) is 29.5 Å². The summed E-state index contributed by atoms with van der Waals surface area (Å²) in [6, 6.07) is 5.26. The minimum absolute atomic E-state index is 0.105. The Morgan fingerprint density at radius 1 is 1.33 bits per heavy atom. The summed E-state index contributed by atoms with van der Waals surface area (Å²) in [6.07, 6.45) is 4.48. The number of aromatic nitrogens is 2. The number of carbonyl (C=O) groups excluding carboxylic acids is 1. The zero-order valence-corrected chi connectivity index (χ0v) is 15.1. The number of fused-ring (bicyclic) bond motifs is 2. The second-order valence-corrected chi connectivity index (χ2v) is 7.97. The highest BCUT2D eigenvalue weighted by atomic mass is 35.5. The average Bonchev–Trinajstić information content (AvgIpc) is 3.15. The second kappa shape index (κ2) is 6.74. The van der Waals surface area contributed by atoms with Gasteiger partial charge in [0.2, 0.25) is 5.91 Å². The van der Waals surface area contributed by atoms with Crippen LogP contribution in [0.3, 0.4) is 0 Å². The first kappa shape index (κ1) is 15.9. The van der Waals surface area contributed by atoms with Gasteiger partial charge in [0.25, 0.3) is 5.22 Å². The molecule has 1 aromatic carbocycles. The number of rotatable bonds is 4. The van der Waals surface area contributed by atoms with Crippen molar-refractivity contribution in [3.63, 3.8) is 0 Å². The van der Waals surface area contributed by atoms with Crippen LogP contribution in [0.1, 0.15) is 23.4 Å². The predicted molar refractivity (Wildman–Crippen MR) is 97.1 cm³/mol. The van der Waals surface area contributed by atoms with E-state index in [-0.39, 0.29) is 11.7 Å². The predicted octanol–water partition coefficient (Wildman–Crippen LogP) is 4.55. The third kappa shape index (κ3) is 3.43. The molecule has 0 aliphatic heterocycles. The van der Waals surface area contributed by atoms with Crippen LogP contribution in [0, 0.1) is 0 Å². The molecule has 0 fully saturated rings. The van der Waals surface area contributed by atoms with Crippen LogP contribution in [-0.4, -0.2) is 21.6 Å². The first-order valence-corrected chi connectivity index (χ1v) is 9.83. The quantitative estimate of drug-likeness (QED) is 0.673. The summed E-state index contributed by atoms with van der Waals surface area (Å²) in [6.45, 7) is 0. The van der Waals surface area contributed by atoms with Crippen molar-refractivity contribution >= 4 is 56.8 Å². The summed E-state index contributed by atoms with van der Waals surface area (Å²) < 4.78 is 5.59. The number of thioether (sulfide) groups is 1. The number of hydrogen-bond donors (Lipinski definition) is 1. The normalized spacial score (nSPS) is 13.9. The molecule has 4 rings (SSSR count). The molecule has 2 heterocycles. The number of hydrogen-bond acceptors (Lipinski definition) is 6. The Balaban J connectivity index is 1.38. The molecule has 0 bridgehead atoms. The molecule has 3 aromatic rings. The molecule has 124 valence electrons. The molecule has 1 aliphatic carbocycles. The lowest BCUT2D eigenvalue weighted by Gasteiger charge is -2.06.